The van der Waals surface area contributed by atoms with Crippen molar-refractivity contribution in [3.05, 3.63) is 59.4 Å². The largest absolute Gasteiger partial charge is 0.338 e. The smallest absolute Gasteiger partial charge is 0.319 e. The molecule has 0 bridgehead atoms. The Labute approximate surface area is 218 Å². The van der Waals surface area contributed by atoms with Crippen LogP contribution in [0.2, 0.25) is 0 Å². The monoisotopic (exact) mass is 507 g/mol. The predicted molar refractivity (Wildman–Crippen MR) is 144 cm³/mol. The van der Waals surface area contributed by atoms with Gasteiger partial charge in [0.25, 0.3) is 0 Å². The van der Waals surface area contributed by atoms with E-state index in [0.29, 0.717) is 30.1 Å². The highest BCUT2D eigenvalue weighted by Crippen LogP contribution is 2.30. The molecule has 2 aromatic carbocycles. The number of nitrogens with one attached hydrogen (secondary N) is 2. The van der Waals surface area contributed by atoms with Gasteiger partial charge in [-0.2, -0.15) is 0 Å². The first-order valence-corrected chi connectivity index (χ1v) is 13.2. The van der Waals surface area contributed by atoms with E-state index in [0.717, 1.165) is 61.3 Å². The Kier molecular flexibility index (Phi) is 8.87. The van der Waals surface area contributed by atoms with Gasteiger partial charge in [-0.1, -0.05) is 32.9 Å². The molecule has 9 heteroatoms. The molecule has 2 atom stereocenters. The molecule has 0 aliphatic carbocycles. The molecule has 0 unspecified atom stereocenters. The molecule has 1 fully saturated rings. The summed E-state index contributed by atoms with van der Waals surface area (Å²) in [5.41, 5.74) is 3.89. The topological polar surface area (TPSA) is 88.0 Å². The molecule has 1 aliphatic rings. The summed E-state index contributed by atoms with van der Waals surface area (Å²) in [5, 5.41) is 17.9. The number of piperidine rings is 1. The number of aryl methyl sites for hydroxylation is 2. The SMILES string of the molecule is CCc1cc(-c2nnnn2C)ccc1NC(=O)NC[C@H]1CN(CCc2ccc(F)cc2)CC[C@@H]1C(C)C. The average molecular weight is 508 g/mol. The van der Waals surface area contributed by atoms with Gasteiger partial charge in [0.1, 0.15) is 5.82 Å². The lowest BCUT2D eigenvalue weighted by Crippen LogP contribution is -2.47. The number of benzene rings is 2. The number of likely N-dealkylation sites (tertiary alicyclic amines) is 1. The first-order valence-electron chi connectivity index (χ1n) is 13.2. The molecular weight excluding hydrogens is 469 g/mol. The van der Waals surface area contributed by atoms with Crippen molar-refractivity contribution in [3.8, 4) is 11.4 Å². The van der Waals surface area contributed by atoms with Crippen molar-refractivity contribution in [2.24, 2.45) is 24.8 Å². The van der Waals surface area contributed by atoms with Crippen LogP contribution in [0.25, 0.3) is 11.4 Å². The molecule has 37 heavy (non-hydrogen) atoms. The molecule has 1 aromatic heterocycles. The number of amides is 2. The van der Waals surface area contributed by atoms with Gasteiger partial charge >= 0.3 is 6.03 Å². The highest BCUT2D eigenvalue weighted by molar-refractivity contribution is 5.90. The summed E-state index contributed by atoms with van der Waals surface area (Å²) in [7, 11) is 1.81. The number of carbonyl (C=O) groups excluding carboxylic acids is 1. The summed E-state index contributed by atoms with van der Waals surface area (Å²) in [6.45, 7) is 10.2. The molecule has 0 saturated carbocycles. The fraction of sp³-hybridized carbons (Fsp3) is 0.500. The van der Waals surface area contributed by atoms with Gasteiger partial charge in [-0.15, -0.1) is 5.10 Å². The van der Waals surface area contributed by atoms with Crippen molar-refractivity contribution >= 4 is 11.7 Å². The zero-order chi connectivity index (χ0) is 26.4. The van der Waals surface area contributed by atoms with E-state index in [9.17, 15) is 9.18 Å². The van der Waals surface area contributed by atoms with Gasteiger partial charge in [0, 0.05) is 37.9 Å². The molecule has 0 radical (unpaired) electrons. The lowest BCUT2D eigenvalue weighted by Gasteiger charge is -2.40. The third-order valence-corrected chi connectivity index (χ3v) is 7.50. The molecule has 1 saturated heterocycles. The molecule has 2 amide bonds. The third-order valence-electron chi connectivity index (χ3n) is 7.50. The maximum atomic E-state index is 13.2. The van der Waals surface area contributed by atoms with Gasteiger partial charge in [-0.25, -0.2) is 13.9 Å². The predicted octanol–water partition coefficient (Wildman–Crippen LogP) is 4.54. The summed E-state index contributed by atoms with van der Waals surface area (Å²) < 4.78 is 14.8. The van der Waals surface area contributed by atoms with Crippen LogP contribution in [-0.2, 0) is 19.9 Å². The second kappa shape index (κ2) is 12.3. The van der Waals surface area contributed by atoms with Crippen molar-refractivity contribution in [1.29, 1.82) is 0 Å². The summed E-state index contributed by atoms with van der Waals surface area (Å²) >= 11 is 0. The van der Waals surface area contributed by atoms with E-state index in [1.54, 1.807) is 11.7 Å². The normalized spacial score (nSPS) is 18.2. The number of halogens is 1. The minimum absolute atomic E-state index is 0.186. The maximum Gasteiger partial charge on any atom is 0.319 e. The minimum atomic E-state index is -0.198. The lowest BCUT2D eigenvalue weighted by molar-refractivity contribution is 0.0931. The molecule has 8 nitrogen and oxygen atoms in total. The number of rotatable bonds is 9. The number of hydrogen-bond acceptors (Lipinski definition) is 5. The van der Waals surface area contributed by atoms with Crippen LogP contribution in [0.15, 0.2) is 42.5 Å². The summed E-state index contributed by atoms with van der Waals surface area (Å²) in [5.74, 6) is 1.99. The van der Waals surface area contributed by atoms with Crippen molar-refractivity contribution in [3.63, 3.8) is 0 Å². The van der Waals surface area contributed by atoms with Crippen LogP contribution in [0.1, 0.15) is 38.3 Å². The molecule has 4 rings (SSSR count). The number of urea groups is 1. The van der Waals surface area contributed by atoms with Crippen molar-refractivity contribution in [1.82, 2.24) is 30.4 Å². The number of carbonyl (C=O) groups is 1. The van der Waals surface area contributed by atoms with Crippen LogP contribution in [0.3, 0.4) is 0 Å². The zero-order valence-corrected chi connectivity index (χ0v) is 22.2. The van der Waals surface area contributed by atoms with E-state index in [4.69, 9.17) is 0 Å². The molecule has 198 valence electrons. The van der Waals surface area contributed by atoms with Crippen molar-refractivity contribution in [2.45, 2.75) is 40.0 Å². The molecule has 0 spiro atoms. The molecule has 1 aliphatic heterocycles. The van der Waals surface area contributed by atoms with Gasteiger partial charge in [-0.3, -0.25) is 0 Å². The van der Waals surface area contributed by atoms with E-state index >= 15 is 0 Å². The van der Waals surface area contributed by atoms with Crippen LogP contribution >= 0.6 is 0 Å². The second-order valence-electron chi connectivity index (χ2n) is 10.3. The molecule has 2 N–H and O–H groups in total. The molecular formula is C28H38FN7O. The first-order chi connectivity index (χ1) is 17.8. The Morgan fingerprint density at radius 2 is 1.97 bits per heavy atom. The first kappa shape index (κ1) is 26.7. The Bertz CT molecular complexity index is 1180. The van der Waals surface area contributed by atoms with E-state index < -0.39 is 0 Å². The molecule has 2 heterocycles. The van der Waals surface area contributed by atoms with Gasteiger partial charge in [0.15, 0.2) is 5.82 Å². The zero-order valence-electron chi connectivity index (χ0n) is 22.2. The second-order valence-corrected chi connectivity index (χ2v) is 10.3. The fourth-order valence-electron chi connectivity index (χ4n) is 5.37. The quantitative estimate of drug-likeness (QED) is 0.444. The van der Waals surface area contributed by atoms with Crippen LogP contribution in [-0.4, -0.2) is 57.3 Å². The maximum absolute atomic E-state index is 13.2. The van der Waals surface area contributed by atoms with Gasteiger partial charge in [-0.05, 0) is 95.4 Å². The van der Waals surface area contributed by atoms with Crippen molar-refractivity contribution in [2.75, 3.05) is 31.5 Å². The number of tetrazole rings is 1. The van der Waals surface area contributed by atoms with E-state index in [1.165, 1.54) is 12.1 Å². The number of hydrogen-bond donors (Lipinski definition) is 2. The number of nitrogens with zero attached hydrogens (tertiary/aromatic N) is 5. The number of anilines is 1. The Morgan fingerprint density at radius 1 is 1.19 bits per heavy atom. The summed E-state index contributed by atoms with van der Waals surface area (Å²) in [6.07, 6.45) is 2.79. The van der Waals surface area contributed by atoms with E-state index in [1.807, 2.05) is 30.3 Å². The van der Waals surface area contributed by atoms with Gasteiger partial charge in [0.2, 0.25) is 0 Å². The van der Waals surface area contributed by atoms with E-state index in [-0.39, 0.29) is 11.8 Å². The molecule has 3 aromatic rings. The standard InChI is InChI=1S/C28H38FN7O/c1-5-21-16-22(27-32-33-34-35(27)4)8-11-26(21)31-28(37)30-17-23-18-36(15-13-25(23)19(2)3)14-12-20-6-9-24(29)10-7-20/h6-11,16,19,23,25H,5,12-15,17-18H2,1-4H3,(H2,30,31,37)/t23-,25+/m0/s1. The van der Waals surface area contributed by atoms with E-state index in [2.05, 4.69) is 51.8 Å². The minimum Gasteiger partial charge on any atom is -0.338 e. The number of aromatic nitrogens is 4. The third kappa shape index (κ3) is 6.91. The summed E-state index contributed by atoms with van der Waals surface area (Å²) in [6, 6.07) is 12.4. The average Bonchev–Trinajstić information content (AvgIpc) is 3.33. The van der Waals surface area contributed by atoms with Crippen LogP contribution in [0.5, 0.6) is 0 Å². The van der Waals surface area contributed by atoms with Crippen molar-refractivity contribution < 1.29 is 9.18 Å². The Hall–Kier alpha value is -3.33. The fourth-order valence-corrected chi connectivity index (χ4v) is 5.37. The highest BCUT2D eigenvalue weighted by atomic mass is 19.1. The van der Waals surface area contributed by atoms with Crippen LogP contribution in [0.4, 0.5) is 14.9 Å². The summed E-state index contributed by atoms with van der Waals surface area (Å²) in [4.78, 5) is 15.4. The highest BCUT2D eigenvalue weighted by Gasteiger charge is 2.31. The van der Waals surface area contributed by atoms with Crippen LogP contribution < -0.4 is 10.6 Å². The lowest BCUT2D eigenvalue weighted by atomic mass is 9.78. The van der Waals surface area contributed by atoms with Crippen LogP contribution in [0, 0.1) is 23.6 Å². The van der Waals surface area contributed by atoms with Gasteiger partial charge in [0.05, 0.1) is 0 Å². The van der Waals surface area contributed by atoms with Gasteiger partial charge < -0.3 is 15.5 Å². The Balaban J connectivity index is 1.34. The Morgan fingerprint density at radius 3 is 2.65 bits per heavy atom.